The van der Waals surface area contributed by atoms with Crippen LogP contribution in [0.15, 0.2) is 0 Å². The third-order valence-corrected chi connectivity index (χ3v) is 9.57. The highest BCUT2D eigenvalue weighted by atomic mass is 31.2. The van der Waals surface area contributed by atoms with Crippen molar-refractivity contribution in [2.45, 2.75) is 181 Å². The fourth-order valence-electron chi connectivity index (χ4n) is 5.17. The summed E-state index contributed by atoms with van der Waals surface area (Å²) < 4.78 is 25.1. The van der Waals surface area contributed by atoms with Crippen molar-refractivity contribution in [3.63, 3.8) is 0 Å². The largest absolute Gasteiger partial charge is 0.405 e. The van der Waals surface area contributed by atoms with Crippen LogP contribution in [-0.2, 0) is 13.6 Å². The smallest absolute Gasteiger partial charge is 0.330 e. The maximum atomic E-state index is 13.4. The summed E-state index contributed by atoms with van der Waals surface area (Å²) >= 11 is 0. The molecule has 0 aliphatic heterocycles. The molecule has 248 valence electrons. The Hall–Kier alpha value is 0.0300. The van der Waals surface area contributed by atoms with E-state index < -0.39 is 7.75 Å². The molecule has 0 spiro atoms. The molecule has 0 aromatic carbocycles. The normalized spacial score (nSPS) is 12.0. The summed E-state index contributed by atoms with van der Waals surface area (Å²) in [5.41, 5.74) is 5.55. The first kappa shape index (κ1) is 41.0. The van der Waals surface area contributed by atoms with E-state index in [0.717, 1.165) is 51.6 Å². The third kappa shape index (κ3) is 32.8. The van der Waals surface area contributed by atoms with Crippen LogP contribution in [0.5, 0.6) is 0 Å². The number of unbranched alkanes of at least 4 members (excludes halogenated alkanes) is 22. The first-order valence-corrected chi connectivity index (χ1v) is 19.8. The molecule has 0 bridgehead atoms. The maximum absolute atomic E-state index is 13.4. The lowest BCUT2D eigenvalue weighted by Gasteiger charge is -2.19. The minimum atomic E-state index is -3.24. The van der Waals surface area contributed by atoms with Crippen molar-refractivity contribution in [3.8, 4) is 0 Å². The van der Waals surface area contributed by atoms with Crippen LogP contribution < -0.4 is 16.1 Å². The Labute approximate surface area is 257 Å². The molecule has 0 rings (SSSR count). The molecule has 0 unspecified atom stereocenters. The zero-order chi connectivity index (χ0) is 30.0. The lowest BCUT2D eigenvalue weighted by molar-refractivity contribution is 0.189. The van der Waals surface area contributed by atoms with Gasteiger partial charge in [0.2, 0.25) is 0 Å². The average molecular weight is 604 g/mol. The molecular formula is C34H74N3O3P. The van der Waals surface area contributed by atoms with Crippen LogP contribution in [0, 0.1) is 0 Å². The van der Waals surface area contributed by atoms with Crippen LogP contribution in [0.2, 0.25) is 0 Å². The number of nitrogens with one attached hydrogen (secondary N) is 2. The van der Waals surface area contributed by atoms with Gasteiger partial charge in [-0.3, -0.25) is 9.05 Å². The van der Waals surface area contributed by atoms with Gasteiger partial charge >= 0.3 is 7.75 Å². The first-order valence-electron chi connectivity index (χ1n) is 18.2. The molecule has 7 heteroatoms. The second-order valence-electron chi connectivity index (χ2n) is 12.1. The van der Waals surface area contributed by atoms with Crippen LogP contribution in [0.1, 0.15) is 181 Å². The zero-order valence-corrected chi connectivity index (χ0v) is 28.8. The lowest BCUT2D eigenvalue weighted by Crippen LogP contribution is -2.24. The highest BCUT2D eigenvalue weighted by Crippen LogP contribution is 2.44. The molecular weight excluding hydrogens is 529 g/mol. The van der Waals surface area contributed by atoms with Gasteiger partial charge in [0.25, 0.3) is 0 Å². The molecule has 0 atom stereocenters. The van der Waals surface area contributed by atoms with Gasteiger partial charge in [0.15, 0.2) is 0 Å². The van der Waals surface area contributed by atoms with E-state index in [4.69, 9.17) is 14.8 Å². The Morgan fingerprint density at radius 3 is 1.17 bits per heavy atom. The molecule has 41 heavy (non-hydrogen) atoms. The van der Waals surface area contributed by atoms with Crippen molar-refractivity contribution >= 4 is 7.75 Å². The van der Waals surface area contributed by atoms with Crippen molar-refractivity contribution in [3.05, 3.63) is 0 Å². The molecule has 0 saturated carbocycles. The van der Waals surface area contributed by atoms with Crippen LogP contribution in [0.3, 0.4) is 0 Å². The molecule has 6 nitrogen and oxygen atoms in total. The van der Waals surface area contributed by atoms with E-state index >= 15 is 0 Å². The summed E-state index contributed by atoms with van der Waals surface area (Å²) in [6.07, 6.45) is 33.2. The first-order chi connectivity index (χ1) is 20.2. The highest BCUT2D eigenvalue weighted by molar-refractivity contribution is 7.51. The minimum absolute atomic E-state index is 0.509. The van der Waals surface area contributed by atoms with Crippen molar-refractivity contribution in [1.29, 1.82) is 0 Å². The molecule has 4 N–H and O–H groups in total. The van der Waals surface area contributed by atoms with Gasteiger partial charge in [-0.15, -0.1) is 0 Å². The lowest BCUT2D eigenvalue weighted by atomic mass is 10.1. The number of hydrogen-bond acceptors (Lipinski definition) is 5. The van der Waals surface area contributed by atoms with Gasteiger partial charge in [0.05, 0.1) is 13.2 Å². The van der Waals surface area contributed by atoms with Crippen molar-refractivity contribution in [2.75, 3.05) is 39.4 Å². The molecule has 0 aliphatic rings. The zero-order valence-electron chi connectivity index (χ0n) is 27.9. The Morgan fingerprint density at radius 1 is 0.463 bits per heavy atom. The van der Waals surface area contributed by atoms with E-state index in [0.29, 0.717) is 26.3 Å². The Bertz CT molecular complexity index is 505. The summed E-state index contributed by atoms with van der Waals surface area (Å²) in [6, 6.07) is 0. The predicted octanol–water partition coefficient (Wildman–Crippen LogP) is 10.4. The predicted molar refractivity (Wildman–Crippen MR) is 181 cm³/mol. The van der Waals surface area contributed by atoms with E-state index in [9.17, 15) is 4.57 Å². The van der Waals surface area contributed by atoms with Gasteiger partial charge in [-0.25, -0.2) is 9.65 Å². The third-order valence-electron chi connectivity index (χ3n) is 7.91. The number of nitrogens with two attached hydrogens (primary N) is 1. The van der Waals surface area contributed by atoms with E-state index in [2.05, 4.69) is 24.3 Å². The van der Waals surface area contributed by atoms with Gasteiger partial charge in [-0.05, 0) is 45.3 Å². The minimum Gasteiger partial charge on any atom is -0.330 e. The van der Waals surface area contributed by atoms with Crippen LogP contribution >= 0.6 is 7.75 Å². The SMILES string of the molecule is CCCCCCCCCCCCCCOP(=O)(NCCCNCCCN)OCCCCCCCCCCCCCC. The van der Waals surface area contributed by atoms with E-state index in [1.807, 2.05) is 0 Å². The van der Waals surface area contributed by atoms with Gasteiger partial charge in [-0.1, -0.05) is 155 Å². The Balaban J connectivity index is 3.98. The van der Waals surface area contributed by atoms with Crippen molar-refractivity contribution in [2.24, 2.45) is 5.73 Å². The van der Waals surface area contributed by atoms with E-state index in [1.165, 1.54) is 128 Å². The maximum Gasteiger partial charge on any atom is 0.405 e. The van der Waals surface area contributed by atoms with Gasteiger partial charge < -0.3 is 11.1 Å². The molecule has 0 heterocycles. The summed E-state index contributed by atoms with van der Waals surface area (Å²) in [6.45, 7) is 8.72. The van der Waals surface area contributed by atoms with E-state index in [-0.39, 0.29) is 0 Å². The van der Waals surface area contributed by atoms with Crippen molar-refractivity contribution < 1.29 is 13.6 Å². The molecule has 0 saturated heterocycles. The van der Waals surface area contributed by atoms with Crippen molar-refractivity contribution in [1.82, 2.24) is 10.4 Å². The van der Waals surface area contributed by atoms with Crippen LogP contribution in [0.4, 0.5) is 0 Å². The summed E-state index contributed by atoms with van der Waals surface area (Å²) in [5, 5.41) is 6.49. The van der Waals surface area contributed by atoms with E-state index in [1.54, 1.807) is 0 Å². The molecule has 0 aliphatic carbocycles. The fourth-order valence-corrected chi connectivity index (χ4v) is 6.59. The second kappa shape index (κ2) is 34.5. The van der Waals surface area contributed by atoms with Gasteiger partial charge in [0, 0.05) is 6.54 Å². The molecule has 0 aromatic rings. The average Bonchev–Trinajstić information content (AvgIpc) is 2.97. The summed E-state index contributed by atoms with van der Waals surface area (Å²) in [4.78, 5) is 0. The topological polar surface area (TPSA) is 85.6 Å². The standard InChI is InChI=1S/C34H74N3O3P/c1-3-5-7-9-11-13-15-17-19-21-23-25-33-39-41(38,37-32-28-31-36-30-27-29-35)40-34-26-24-22-20-18-16-14-12-10-8-6-4-2/h36H,3-35H2,1-2H3,(H,37,38). The number of rotatable bonds is 36. The number of hydrogen-bond donors (Lipinski definition) is 3. The Morgan fingerprint density at radius 2 is 0.805 bits per heavy atom. The second-order valence-corrected chi connectivity index (χ2v) is 13.9. The molecule has 0 radical (unpaired) electrons. The highest BCUT2D eigenvalue weighted by Gasteiger charge is 2.23. The molecule has 0 fully saturated rings. The Kier molecular flexibility index (Phi) is 34.5. The summed E-state index contributed by atoms with van der Waals surface area (Å²) in [5.74, 6) is 0. The van der Waals surface area contributed by atoms with Crippen LogP contribution in [-0.4, -0.2) is 39.4 Å². The summed E-state index contributed by atoms with van der Waals surface area (Å²) in [7, 11) is -3.24. The van der Waals surface area contributed by atoms with Gasteiger partial charge in [-0.2, -0.15) is 0 Å². The monoisotopic (exact) mass is 604 g/mol. The fraction of sp³-hybridized carbons (Fsp3) is 1.00. The van der Waals surface area contributed by atoms with Gasteiger partial charge in [0.1, 0.15) is 0 Å². The molecule has 0 aromatic heterocycles. The van der Waals surface area contributed by atoms with Crippen LogP contribution in [0.25, 0.3) is 0 Å². The quantitative estimate of drug-likeness (QED) is 0.0488. The molecule has 0 amide bonds.